The highest BCUT2D eigenvalue weighted by Crippen LogP contribution is 2.35. The third-order valence-corrected chi connectivity index (χ3v) is 5.63. The number of hydrogen-bond acceptors (Lipinski definition) is 5. The van der Waals surface area contributed by atoms with Crippen molar-refractivity contribution in [1.82, 2.24) is 19.7 Å². The van der Waals surface area contributed by atoms with Crippen molar-refractivity contribution in [3.8, 4) is 11.3 Å². The average molecular weight is 340 g/mol. The lowest BCUT2D eigenvalue weighted by molar-refractivity contribution is 0.305. The third-order valence-electron chi connectivity index (χ3n) is 5.63. The molecular formula is C19H28N6. The Morgan fingerprint density at radius 1 is 1.28 bits per heavy atom. The summed E-state index contributed by atoms with van der Waals surface area (Å²) >= 11 is 0. The Morgan fingerprint density at radius 3 is 2.76 bits per heavy atom. The van der Waals surface area contributed by atoms with E-state index in [0.717, 1.165) is 49.3 Å². The Kier molecular flexibility index (Phi) is 4.23. The maximum absolute atomic E-state index is 6.23. The van der Waals surface area contributed by atoms with Crippen molar-refractivity contribution in [2.24, 2.45) is 18.7 Å². The number of nitrogens with one attached hydrogen (secondary N) is 1. The Balaban J connectivity index is 1.50. The van der Waals surface area contributed by atoms with Crippen molar-refractivity contribution in [2.75, 3.05) is 5.32 Å². The molecule has 0 saturated heterocycles. The van der Waals surface area contributed by atoms with Gasteiger partial charge in [0.05, 0.1) is 11.9 Å². The van der Waals surface area contributed by atoms with Gasteiger partial charge in [-0.2, -0.15) is 5.10 Å². The van der Waals surface area contributed by atoms with Crippen molar-refractivity contribution in [1.29, 1.82) is 0 Å². The molecule has 0 bridgehead atoms. The van der Waals surface area contributed by atoms with Crippen LogP contribution in [0.5, 0.6) is 0 Å². The van der Waals surface area contributed by atoms with Crippen LogP contribution in [0.2, 0.25) is 0 Å². The summed E-state index contributed by atoms with van der Waals surface area (Å²) in [7, 11) is 2.02. The normalized spacial score (nSPS) is 26.6. The molecule has 6 nitrogen and oxygen atoms in total. The molecule has 25 heavy (non-hydrogen) atoms. The second-order valence-corrected chi connectivity index (χ2v) is 8.11. The quantitative estimate of drug-likeness (QED) is 0.874. The molecule has 0 aliphatic heterocycles. The Hall–Kier alpha value is -1.95. The third kappa shape index (κ3) is 3.84. The van der Waals surface area contributed by atoms with Gasteiger partial charge in [-0.3, -0.25) is 4.68 Å². The molecule has 2 fully saturated rings. The number of aromatic nitrogens is 4. The first kappa shape index (κ1) is 16.5. The average Bonchev–Trinajstić information content (AvgIpc) is 3.33. The lowest BCUT2D eigenvalue weighted by Gasteiger charge is -2.34. The van der Waals surface area contributed by atoms with Crippen LogP contribution >= 0.6 is 0 Å². The fourth-order valence-electron chi connectivity index (χ4n) is 3.70. The van der Waals surface area contributed by atoms with Gasteiger partial charge < -0.3 is 11.1 Å². The zero-order valence-corrected chi connectivity index (χ0v) is 15.2. The summed E-state index contributed by atoms with van der Waals surface area (Å²) in [5.41, 5.74) is 9.59. The molecule has 6 heteroatoms. The number of nitrogens with two attached hydrogens (primary N) is 1. The molecule has 2 aromatic rings. The van der Waals surface area contributed by atoms with Crippen LogP contribution < -0.4 is 11.1 Å². The van der Waals surface area contributed by atoms with E-state index in [1.54, 1.807) is 0 Å². The van der Waals surface area contributed by atoms with Gasteiger partial charge in [0, 0.05) is 36.1 Å². The lowest BCUT2D eigenvalue weighted by Crippen LogP contribution is -2.43. The number of hydrogen-bond donors (Lipinski definition) is 2. The fourth-order valence-corrected chi connectivity index (χ4v) is 3.70. The van der Waals surface area contributed by atoms with Crippen LogP contribution in [0.15, 0.2) is 18.5 Å². The summed E-state index contributed by atoms with van der Waals surface area (Å²) in [5.74, 6) is 1.53. The number of nitrogens with zero attached hydrogens (tertiary/aromatic N) is 4. The molecule has 2 aliphatic carbocycles. The minimum absolute atomic E-state index is 0.0195. The summed E-state index contributed by atoms with van der Waals surface area (Å²) in [4.78, 5) is 9.19. The van der Waals surface area contributed by atoms with Crippen molar-refractivity contribution < 1.29 is 0 Å². The molecule has 0 aromatic carbocycles. The highest BCUT2D eigenvalue weighted by atomic mass is 15.3. The maximum atomic E-state index is 6.23. The zero-order chi connectivity index (χ0) is 17.4. The molecule has 3 N–H and O–H groups in total. The highest BCUT2D eigenvalue weighted by Gasteiger charge is 2.28. The molecule has 134 valence electrons. The van der Waals surface area contributed by atoms with Gasteiger partial charge in [0.1, 0.15) is 0 Å². The molecule has 0 spiro atoms. The van der Waals surface area contributed by atoms with E-state index in [0.29, 0.717) is 12.0 Å². The van der Waals surface area contributed by atoms with Crippen LogP contribution in [-0.2, 0) is 13.5 Å². The van der Waals surface area contributed by atoms with Gasteiger partial charge in [0.15, 0.2) is 0 Å². The van der Waals surface area contributed by atoms with Crippen molar-refractivity contribution >= 4 is 5.95 Å². The van der Waals surface area contributed by atoms with E-state index in [4.69, 9.17) is 10.7 Å². The number of aryl methyl sites for hydroxylation is 1. The Bertz CT molecular complexity index is 736. The number of rotatable bonds is 5. The van der Waals surface area contributed by atoms with Crippen molar-refractivity contribution in [3.63, 3.8) is 0 Å². The minimum Gasteiger partial charge on any atom is -0.351 e. The van der Waals surface area contributed by atoms with Crippen LogP contribution in [0, 0.1) is 5.92 Å². The van der Waals surface area contributed by atoms with E-state index >= 15 is 0 Å². The smallest absolute Gasteiger partial charge is 0.223 e. The summed E-state index contributed by atoms with van der Waals surface area (Å²) in [6.45, 7) is 2.14. The summed E-state index contributed by atoms with van der Waals surface area (Å²) in [6.07, 6.45) is 11.8. The fraction of sp³-hybridized carbons (Fsp3) is 0.632. The standard InChI is InChI=1S/C19H28N6/c1-19(20)8-5-14(6-9-19)23-18-21-10-7-16(24-18)15-12-22-25(2)17(15)11-13-3-4-13/h7,10,12-14H,3-6,8-9,11,20H2,1-2H3,(H,21,23,24)/t14-,19-. The molecule has 2 saturated carbocycles. The topological polar surface area (TPSA) is 81.7 Å². The van der Waals surface area contributed by atoms with Crippen molar-refractivity contribution in [2.45, 2.75) is 63.5 Å². The Labute approximate surface area is 149 Å². The second-order valence-electron chi connectivity index (χ2n) is 8.11. The first-order valence-corrected chi connectivity index (χ1v) is 9.40. The first-order chi connectivity index (χ1) is 12.0. The Morgan fingerprint density at radius 2 is 2.04 bits per heavy atom. The van der Waals surface area contributed by atoms with E-state index in [-0.39, 0.29) is 5.54 Å². The largest absolute Gasteiger partial charge is 0.351 e. The van der Waals surface area contributed by atoms with Gasteiger partial charge in [0.2, 0.25) is 5.95 Å². The molecule has 0 unspecified atom stereocenters. The van der Waals surface area contributed by atoms with Gasteiger partial charge in [-0.05, 0) is 63.9 Å². The minimum atomic E-state index is -0.0195. The van der Waals surface area contributed by atoms with E-state index < -0.39 is 0 Å². The van der Waals surface area contributed by atoms with Crippen LogP contribution in [0.25, 0.3) is 11.3 Å². The molecule has 4 rings (SSSR count). The highest BCUT2D eigenvalue weighted by molar-refractivity contribution is 5.62. The van der Waals surface area contributed by atoms with Crippen LogP contribution in [0.1, 0.15) is 51.1 Å². The molecule has 0 radical (unpaired) electrons. The summed E-state index contributed by atoms with van der Waals surface area (Å²) in [6, 6.07) is 2.39. The van der Waals surface area contributed by atoms with E-state index in [2.05, 4.69) is 22.3 Å². The molecular weight excluding hydrogens is 312 g/mol. The van der Waals surface area contributed by atoms with Gasteiger partial charge in [-0.1, -0.05) is 0 Å². The zero-order valence-electron chi connectivity index (χ0n) is 15.2. The molecule has 2 heterocycles. The molecule has 0 amide bonds. The maximum Gasteiger partial charge on any atom is 0.223 e. The van der Waals surface area contributed by atoms with Crippen LogP contribution in [0.3, 0.4) is 0 Å². The van der Waals surface area contributed by atoms with Crippen LogP contribution in [0.4, 0.5) is 5.95 Å². The van der Waals surface area contributed by atoms with Crippen LogP contribution in [-0.4, -0.2) is 31.3 Å². The number of anilines is 1. The SMILES string of the molecule is Cn1ncc(-c2ccnc(N[C@H]3CC[C@](C)(N)CC3)n2)c1CC1CC1. The molecule has 2 aromatic heterocycles. The summed E-state index contributed by atoms with van der Waals surface area (Å²) in [5, 5.41) is 7.96. The first-order valence-electron chi connectivity index (χ1n) is 9.40. The van der Waals surface area contributed by atoms with E-state index in [1.165, 1.54) is 18.5 Å². The second kappa shape index (κ2) is 6.41. The molecule has 0 atom stereocenters. The predicted molar refractivity (Wildman–Crippen MR) is 99.1 cm³/mol. The monoisotopic (exact) mass is 340 g/mol. The summed E-state index contributed by atoms with van der Waals surface area (Å²) < 4.78 is 1.99. The van der Waals surface area contributed by atoms with Gasteiger partial charge in [0.25, 0.3) is 0 Å². The van der Waals surface area contributed by atoms with Crippen molar-refractivity contribution in [3.05, 3.63) is 24.2 Å². The van der Waals surface area contributed by atoms with Gasteiger partial charge >= 0.3 is 0 Å². The van der Waals surface area contributed by atoms with Gasteiger partial charge in [-0.25, -0.2) is 9.97 Å². The van der Waals surface area contributed by atoms with E-state index in [1.807, 2.05) is 30.2 Å². The van der Waals surface area contributed by atoms with Gasteiger partial charge in [-0.15, -0.1) is 0 Å². The predicted octanol–water partition coefficient (Wildman–Crippen LogP) is 2.90. The molecule has 2 aliphatic rings. The lowest BCUT2D eigenvalue weighted by atomic mass is 9.82. The van der Waals surface area contributed by atoms with E-state index in [9.17, 15) is 0 Å².